The minimum atomic E-state index is -3.92. The average Bonchev–Trinajstić information content (AvgIpc) is 2.68. The molecule has 1 aromatic carbocycles. The number of nitro groups is 1. The maximum absolute atomic E-state index is 12.4. The molecule has 1 unspecified atom stereocenters. The molecule has 1 aromatic rings. The molecule has 1 saturated heterocycles. The van der Waals surface area contributed by atoms with Gasteiger partial charge in [-0.25, -0.2) is 13.1 Å². The summed E-state index contributed by atoms with van der Waals surface area (Å²) in [6, 6.07) is 5.05. The highest BCUT2D eigenvalue weighted by molar-refractivity contribution is 7.89. The first-order valence-corrected chi connectivity index (χ1v) is 7.69. The molecule has 2 N–H and O–H groups in total. The third-order valence-corrected chi connectivity index (χ3v) is 5.04. The quantitative estimate of drug-likeness (QED) is 0.634. The molecular weight excluding hydrogens is 282 g/mol. The van der Waals surface area contributed by atoms with Crippen molar-refractivity contribution in [2.24, 2.45) is 5.41 Å². The molecule has 110 valence electrons. The summed E-state index contributed by atoms with van der Waals surface area (Å²) in [7, 11) is -3.92. The van der Waals surface area contributed by atoms with Crippen molar-refractivity contribution < 1.29 is 13.3 Å². The van der Waals surface area contributed by atoms with E-state index in [1.165, 1.54) is 24.3 Å². The fraction of sp³-hybridized carbons (Fsp3) is 0.500. The predicted molar refractivity (Wildman–Crippen MR) is 73.9 cm³/mol. The van der Waals surface area contributed by atoms with E-state index in [0.717, 1.165) is 0 Å². The first kappa shape index (κ1) is 14.9. The summed E-state index contributed by atoms with van der Waals surface area (Å²) in [5, 5.41) is 14.0. The molecule has 0 aromatic heterocycles. The van der Waals surface area contributed by atoms with E-state index in [2.05, 4.69) is 10.0 Å². The molecule has 1 fully saturated rings. The number of hydrogen-bond acceptors (Lipinski definition) is 5. The summed E-state index contributed by atoms with van der Waals surface area (Å²) in [5.41, 5.74) is -0.653. The van der Waals surface area contributed by atoms with Crippen molar-refractivity contribution in [3.8, 4) is 0 Å². The Morgan fingerprint density at radius 2 is 2.05 bits per heavy atom. The largest absolute Gasteiger partial charge is 0.315 e. The number of nitrogens with one attached hydrogen (secondary N) is 2. The van der Waals surface area contributed by atoms with Gasteiger partial charge < -0.3 is 5.32 Å². The zero-order valence-electron chi connectivity index (χ0n) is 11.3. The van der Waals surface area contributed by atoms with Gasteiger partial charge in [0.15, 0.2) is 4.90 Å². The van der Waals surface area contributed by atoms with Crippen LogP contribution in [-0.2, 0) is 10.0 Å². The van der Waals surface area contributed by atoms with Crippen LogP contribution in [-0.4, -0.2) is 32.5 Å². The van der Waals surface area contributed by atoms with Crippen molar-refractivity contribution in [1.29, 1.82) is 0 Å². The van der Waals surface area contributed by atoms with E-state index >= 15 is 0 Å². The van der Waals surface area contributed by atoms with Gasteiger partial charge in [-0.1, -0.05) is 26.0 Å². The van der Waals surface area contributed by atoms with Gasteiger partial charge in [0.1, 0.15) is 0 Å². The van der Waals surface area contributed by atoms with Gasteiger partial charge in [-0.05, 0) is 11.5 Å². The molecule has 0 spiro atoms. The predicted octanol–water partition coefficient (Wildman–Crippen LogP) is 0.871. The van der Waals surface area contributed by atoms with E-state index in [9.17, 15) is 18.5 Å². The van der Waals surface area contributed by atoms with Crippen LogP contribution in [0.4, 0.5) is 5.69 Å². The number of nitro benzene ring substituents is 1. The molecule has 8 heteroatoms. The van der Waals surface area contributed by atoms with E-state index in [-0.39, 0.29) is 16.4 Å². The topological polar surface area (TPSA) is 101 Å². The van der Waals surface area contributed by atoms with Crippen molar-refractivity contribution in [1.82, 2.24) is 10.0 Å². The van der Waals surface area contributed by atoms with Crippen LogP contribution in [0.15, 0.2) is 29.2 Å². The fourth-order valence-electron chi connectivity index (χ4n) is 2.23. The monoisotopic (exact) mass is 299 g/mol. The van der Waals surface area contributed by atoms with E-state index < -0.39 is 20.6 Å². The lowest BCUT2D eigenvalue weighted by Crippen LogP contribution is -2.44. The molecule has 1 atom stereocenters. The fourth-order valence-corrected chi connectivity index (χ4v) is 3.80. The smallest absolute Gasteiger partial charge is 0.289 e. The van der Waals surface area contributed by atoms with Crippen molar-refractivity contribution in [2.45, 2.75) is 24.8 Å². The molecule has 7 nitrogen and oxygen atoms in total. The van der Waals surface area contributed by atoms with Crippen molar-refractivity contribution in [3.63, 3.8) is 0 Å². The minimum Gasteiger partial charge on any atom is -0.315 e. The van der Waals surface area contributed by atoms with E-state index in [4.69, 9.17) is 0 Å². The SMILES string of the molecule is CC1(C)CNCC1NS(=O)(=O)c1ccccc1[N+](=O)[O-]. The molecular formula is C12H17N3O4S. The Balaban J connectivity index is 2.34. The van der Waals surface area contributed by atoms with Gasteiger partial charge in [0.05, 0.1) is 4.92 Å². The second-order valence-corrected chi connectivity index (χ2v) is 7.20. The molecule has 2 rings (SSSR count). The Hall–Kier alpha value is -1.51. The highest BCUT2D eigenvalue weighted by Crippen LogP contribution is 2.28. The van der Waals surface area contributed by atoms with Crippen LogP contribution in [0, 0.1) is 15.5 Å². The Kier molecular flexibility index (Phi) is 3.81. The summed E-state index contributed by atoms with van der Waals surface area (Å²) < 4.78 is 27.3. The number of sulfonamides is 1. The average molecular weight is 299 g/mol. The lowest BCUT2D eigenvalue weighted by atomic mass is 9.89. The Morgan fingerprint density at radius 1 is 1.40 bits per heavy atom. The zero-order valence-corrected chi connectivity index (χ0v) is 12.1. The second-order valence-electron chi connectivity index (χ2n) is 5.52. The molecule has 0 saturated carbocycles. The summed E-state index contributed by atoms with van der Waals surface area (Å²) in [5.74, 6) is 0. The van der Waals surface area contributed by atoms with Crippen LogP contribution in [0.3, 0.4) is 0 Å². The zero-order chi connectivity index (χ0) is 15.0. The Labute approximate surface area is 117 Å². The van der Waals surface area contributed by atoms with Crippen molar-refractivity contribution in [3.05, 3.63) is 34.4 Å². The number of rotatable bonds is 4. The van der Waals surface area contributed by atoms with Crippen LogP contribution in [0.1, 0.15) is 13.8 Å². The van der Waals surface area contributed by atoms with Crippen molar-refractivity contribution in [2.75, 3.05) is 13.1 Å². The molecule has 20 heavy (non-hydrogen) atoms. The standard InChI is InChI=1S/C12H17N3O4S/c1-12(2)8-13-7-11(12)14-20(18,19)10-6-4-3-5-9(10)15(16)17/h3-6,11,13-14H,7-8H2,1-2H3. The van der Waals surface area contributed by atoms with Gasteiger partial charge in [0, 0.05) is 25.2 Å². The third kappa shape index (κ3) is 2.82. The van der Waals surface area contributed by atoms with Crippen LogP contribution in [0.5, 0.6) is 0 Å². The molecule has 0 bridgehead atoms. The highest BCUT2D eigenvalue weighted by Gasteiger charge is 2.38. The number of nitrogens with zero attached hydrogens (tertiary/aromatic N) is 1. The number of benzene rings is 1. The second kappa shape index (κ2) is 5.12. The highest BCUT2D eigenvalue weighted by atomic mass is 32.2. The molecule has 1 aliphatic heterocycles. The van der Waals surface area contributed by atoms with Gasteiger partial charge in [-0.2, -0.15) is 0 Å². The maximum Gasteiger partial charge on any atom is 0.289 e. The number of para-hydroxylation sites is 1. The maximum atomic E-state index is 12.4. The molecule has 0 aliphatic carbocycles. The number of hydrogen-bond donors (Lipinski definition) is 2. The normalized spacial score (nSPS) is 21.8. The summed E-state index contributed by atoms with van der Waals surface area (Å²) in [6.07, 6.45) is 0. The van der Waals surface area contributed by atoms with E-state index in [0.29, 0.717) is 13.1 Å². The molecule has 0 radical (unpaired) electrons. The van der Waals surface area contributed by atoms with Gasteiger partial charge in [0.2, 0.25) is 10.0 Å². The van der Waals surface area contributed by atoms with Gasteiger partial charge in [-0.3, -0.25) is 10.1 Å². The third-order valence-electron chi connectivity index (χ3n) is 3.52. The van der Waals surface area contributed by atoms with E-state index in [1.54, 1.807) is 0 Å². The first-order valence-electron chi connectivity index (χ1n) is 6.20. The van der Waals surface area contributed by atoms with Gasteiger partial charge in [0.25, 0.3) is 5.69 Å². The summed E-state index contributed by atoms with van der Waals surface area (Å²) >= 11 is 0. The molecule has 1 heterocycles. The lowest BCUT2D eigenvalue weighted by Gasteiger charge is -2.26. The van der Waals surface area contributed by atoms with Crippen LogP contribution < -0.4 is 10.0 Å². The van der Waals surface area contributed by atoms with Crippen molar-refractivity contribution >= 4 is 15.7 Å². The van der Waals surface area contributed by atoms with Crippen LogP contribution >= 0.6 is 0 Å². The van der Waals surface area contributed by atoms with Crippen LogP contribution in [0.2, 0.25) is 0 Å². The summed E-state index contributed by atoms with van der Waals surface area (Å²) in [6.45, 7) is 5.09. The molecule has 0 amide bonds. The Morgan fingerprint density at radius 3 is 2.60 bits per heavy atom. The minimum absolute atomic E-state index is 0.239. The van der Waals surface area contributed by atoms with E-state index in [1.807, 2.05) is 13.8 Å². The molecule has 1 aliphatic rings. The summed E-state index contributed by atoms with van der Waals surface area (Å²) in [4.78, 5) is 9.95. The Bertz CT molecular complexity index is 627. The van der Waals surface area contributed by atoms with Gasteiger partial charge in [-0.15, -0.1) is 0 Å². The lowest BCUT2D eigenvalue weighted by molar-refractivity contribution is -0.387. The van der Waals surface area contributed by atoms with Crippen LogP contribution in [0.25, 0.3) is 0 Å². The first-order chi connectivity index (χ1) is 9.24. The van der Waals surface area contributed by atoms with Gasteiger partial charge >= 0.3 is 0 Å².